The van der Waals surface area contributed by atoms with Gasteiger partial charge in [0.2, 0.25) is 5.13 Å². The van der Waals surface area contributed by atoms with E-state index in [1.807, 2.05) is 0 Å². The lowest BCUT2D eigenvalue weighted by molar-refractivity contribution is 0.317. The van der Waals surface area contributed by atoms with Crippen molar-refractivity contribution in [3.63, 3.8) is 0 Å². The van der Waals surface area contributed by atoms with E-state index in [0.717, 1.165) is 22.5 Å². The summed E-state index contributed by atoms with van der Waals surface area (Å²) < 4.78 is 0. The fourth-order valence-corrected chi connectivity index (χ4v) is 3.24. The monoisotopic (exact) mass is 239 g/mol. The van der Waals surface area contributed by atoms with E-state index in [2.05, 4.69) is 29.4 Å². The smallest absolute Gasteiger partial charge is 0.205 e. The Bertz CT molecular complexity index is 324. The van der Waals surface area contributed by atoms with Gasteiger partial charge in [0.15, 0.2) is 0 Å². The fraction of sp³-hybridized carbons (Fsp3) is 0.833. The second-order valence-corrected chi connectivity index (χ2v) is 5.62. The summed E-state index contributed by atoms with van der Waals surface area (Å²) in [5, 5.41) is 14.1. The molecule has 0 aliphatic heterocycles. The molecular formula is C12H21N3S. The SMILES string of the molecule is CCc1nnc(NC2CCCCC2CC)s1. The molecule has 1 saturated carbocycles. The molecule has 1 aromatic rings. The molecule has 2 unspecified atom stereocenters. The molecule has 1 aromatic heterocycles. The minimum atomic E-state index is 0.622. The minimum Gasteiger partial charge on any atom is -0.357 e. The maximum absolute atomic E-state index is 4.21. The van der Waals surface area contributed by atoms with E-state index in [1.54, 1.807) is 11.3 Å². The number of aryl methyl sites for hydroxylation is 1. The van der Waals surface area contributed by atoms with Gasteiger partial charge in [-0.2, -0.15) is 0 Å². The third kappa shape index (κ3) is 2.73. The number of nitrogens with one attached hydrogen (secondary N) is 1. The summed E-state index contributed by atoms with van der Waals surface area (Å²) in [4.78, 5) is 0. The standard InChI is InChI=1S/C12H21N3S/c1-3-9-7-5-6-8-10(9)13-12-15-14-11(4-2)16-12/h9-10H,3-8H2,1-2H3,(H,13,15). The van der Waals surface area contributed by atoms with Gasteiger partial charge in [-0.25, -0.2) is 0 Å². The van der Waals surface area contributed by atoms with Crippen molar-refractivity contribution in [2.24, 2.45) is 5.92 Å². The van der Waals surface area contributed by atoms with Gasteiger partial charge in [-0.1, -0.05) is 44.4 Å². The lowest BCUT2D eigenvalue weighted by Gasteiger charge is -2.31. The Labute approximate surface area is 102 Å². The molecule has 1 heterocycles. The predicted molar refractivity (Wildman–Crippen MR) is 68.9 cm³/mol. The van der Waals surface area contributed by atoms with Gasteiger partial charge in [-0.3, -0.25) is 0 Å². The van der Waals surface area contributed by atoms with E-state index in [4.69, 9.17) is 0 Å². The highest BCUT2D eigenvalue weighted by atomic mass is 32.1. The van der Waals surface area contributed by atoms with Crippen LogP contribution < -0.4 is 5.32 Å². The molecule has 90 valence electrons. The molecule has 3 nitrogen and oxygen atoms in total. The first-order valence-corrected chi connectivity index (χ1v) is 7.24. The number of anilines is 1. The molecule has 1 aliphatic rings. The summed E-state index contributed by atoms with van der Waals surface area (Å²) in [6.07, 6.45) is 7.67. The van der Waals surface area contributed by atoms with Crippen LogP contribution in [0.15, 0.2) is 0 Å². The molecule has 1 aliphatic carbocycles. The second-order valence-electron chi connectivity index (χ2n) is 4.56. The fourth-order valence-electron chi connectivity index (χ4n) is 2.50. The zero-order chi connectivity index (χ0) is 11.4. The Morgan fingerprint density at radius 1 is 1.25 bits per heavy atom. The topological polar surface area (TPSA) is 37.8 Å². The van der Waals surface area contributed by atoms with Crippen LogP contribution in [0.25, 0.3) is 0 Å². The summed E-state index contributed by atoms with van der Waals surface area (Å²) in [5.41, 5.74) is 0. The van der Waals surface area contributed by atoms with Crippen molar-refractivity contribution in [1.82, 2.24) is 10.2 Å². The Kier molecular flexibility index (Phi) is 4.16. The van der Waals surface area contributed by atoms with E-state index < -0.39 is 0 Å². The molecular weight excluding hydrogens is 218 g/mol. The van der Waals surface area contributed by atoms with Gasteiger partial charge >= 0.3 is 0 Å². The molecule has 0 bridgehead atoms. The van der Waals surface area contributed by atoms with E-state index in [9.17, 15) is 0 Å². The van der Waals surface area contributed by atoms with Crippen molar-refractivity contribution in [2.45, 2.75) is 58.4 Å². The quantitative estimate of drug-likeness (QED) is 0.874. The number of hydrogen-bond acceptors (Lipinski definition) is 4. The normalized spacial score (nSPS) is 25.6. The van der Waals surface area contributed by atoms with Gasteiger partial charge in [-0.05, 0) is 25.2 Å². The molecule has 4 heteroatoms. The van der Waals surface area contributed by atoms with Gasteiger partial charge in [-0.15, -0.1) is 10.2 Å². The molecule has 0 spiro atoms. The maximum Gasteiger partial charge on any atom is 0.205 e. The van der Waals surface area contributed by atoms with Gasteiger partial charge in [0.25, 0.3) is 0 Å². The maximum atomic E-state index is 4.21. The Balaban J connectivity index is 1.96. The summed E-state index contributed by atoms with van der Waals surface area (Å²) in [5.74, 6) is 0.822. The Morgan fingerprint density at radius 3 is 2.75 bits per heavy atom. The van der Waals surface area contributed by atoms with Crippen LogP contribution in [0.4, 0.5) is 5.13 Å². The molecule has 0 radical (unpaired) electrons. The van der Waals surface area contributed by atoms with E-state index in [-0.39, 0.29) is 0 Å². The van der Waals surface area contributed by atoms with E-state index in [0.29, 0.717) is 6.04 Å². The molecule has 1 fully saturated rings. The van der Waals surface area contributed by atoms with Crippen molar-refractivity contribution >= 4 is 16.5 Å². The van der Waals surface area contributed by atoms with Crippen LogP contribution in [0.5, 0.6) is 0 Å². The Morgan fingerprint density at radius 2 is 2.06 bits per heavy atom. The van der Waals surface area contributed by atoms with Crippen LogP contribution >= 0.6 is 11.3 Å². The summed E-state index contributed by atoms with van der Waals surface area (Å²) in [6.45, 7) is 4.42. The first-order chi connectivity index (χ1) is 7.83. The summed E-state index contributed by atoms with van der Waals surface area (Å²) in [7, 11) is 0. The number of rotatable bonds is 4. The van der Waals surface area contributed by atoms with E-state index >= 15 is 0 Å². The molecule has 1 N–H and O–H groups in total. The third-order valence-electron chi connectivity index (χ3n) is 3.51. The number of nitrogens with zero attached hydrogens (tertiary/aromatic N) is 2. The average Bonchev–Trinajstić information content (AvgIpc) is 2.77. The van der Waals surface area contributed by atoms with Crippen molar-refractivity contribution < 1.29 is 0 Å². The van der Waals surface area contributed by atoms with Gasteiger partial charge in [0, 0.05) is 6.04 Å². The van der Waals surface area contributed by atoms with Crippen LogP contribution in [0, 0.1) is 5.92 Å². The van der Waals surface area contributed by atoms with Crippen LogP contribution in [0.3, 0.4) is 0 Å². The largest absolute Gasteiger partial charge is 0.357 e. The summed E-state index contributed by atoms with van der Waals surface area (Å²) in [6, 6.07) is 0.622. The molecule has 2 rings (SSSR count). The zero-order valence-corrected chi connectivity index (χ0v) is 11.0. The minimum absolute atomic E-state index is 0.622. The van der Waals surface area contributed by atoms with Crippen LogP contribution in [-0.2, 0) is 6.42 Å². The highest BCUT2D eigenvalue weighted by molar-refractivity contribution is 7.15. The van der Waals surface area contributed by atoms with Crippen molar-refractivity contribution in [2.75, 3.05) is 5.32 Å². The molecule has 2 atom stereocenters. The van der Waals surface area contributed by atoms with Crippen molar-refractivity contribution in [3.8, 4) is 0 Å². The van der Waals surface area contributed by atoms with Gasteiger partial charge < -0.3 is 5.32 Å². The number of aromatic nitrogens is 2. The Hall–Kier alpha value is -0.640. The molecule has 0 saturated heterocycles. The van der Waals surface area contributed by atoms with Gasteiger partial charge in [0.05, 0.1) is 0 Å². The first kappa shape index (κ1) is 11.8. The highest BCUT2D eigenvalue weighted by Crippen LogP contribution is 2.30. The molecule has 0 aromatic carbocycles. The third-order valence-corrected chi connectivity index (χ3v) is 4.51. The predicted octanol–water partition coefficient (Wildman–Crippen LogP) is 3.48. The van der Waals surface area contributed by atoms with E-state index in [1.165, 1.54) is 32.1 Å². The lowest BCUT2D eigenvalue weighted by atomic mass is 9.83. The molecule has 16 heavy (non-hydrogen) atoms. The first-order valence-electron chi connectivity index (χ1n) is 6.42. The zero-order valence-electron chi connectivity index (χ0n) is 10.2. The van der Waals surface area contributed by atoms with Crippen LogP contribution in [-0.4, -0.2) is 16.2 Å². The van der Waals surface area contributed by atoms with Crippen LogP contribution in [0.1, 0.15) is 51.0 Å². The van der Waals surface area contributed by atoms with Crippen LogP contribution in [0.2, 0.25) is 0 Å². The van der Waals surface area contributed by atoms with Gasteiger partial charge in [0.1, 0.15) is 5.01 Å². The highest BCUT2D eigenvalue weighted by Gasteiger charge is 2.24. The van der Waals surface area contributed by atoms with Crippen molar-refractivity contribution in [1.29, 1.82) is 0 Å². The van der Waals surface area contributed by atoms with Crippen molar-refractivity contribution in [3.05, 3.63) is 5.01 Å². The average molecular weight is 239 g/mol. The second kappa shape index (κ2) is 5.62. The summed E-state index contributed by atoms with van der Waals surface area (Å²) >= 11 is 1.71. The number of hydrogen-bond donors (Lipinski definition) is 1. The molecule has 0 amide bonds. The lowest BCUT2D eigenvalue weighted by Crippen LogP contribution is -2.31.